The molecule has 42 heavy (non-hydrogen) atoms. The molecular formula is C30H30F6N2O3S. The number of piperazine rings is 1. The van der Waals surface area contributed by atoms with Crippen LogP contribution >= 0.6 is 0 Å². The number of hydrogen-bond acceptors (Lipinski definition) is 4. The third-order valence-electron chi connectivity index (χ3n) is 8.14. The number of halogens is 6. The monoisotopic (exact) mass is 612 g/mol. The first kappa shape index (κ1) is 30.5. The fourth-order valence-electron chi connectivity index (χ4n) is 6.18. The lowest BCUT2D eigenvalue weighted by atomic mass is 9.90. The Labute approximate surface area is 240 Å². The first-order chi connectivity index (χ1) is 19.6. The Morgan fingerprint density at radius 3 is 1.90 bits per heavy atom. The van der Waals surface area contributed by atoms with Crippen molar-refractivity contribution in [3.05, 3.63) is 95.1 Å². The van der Waals surface area contributed by atoms with Crippen molar-refractivity contribution >= 4 is 10.0 Å². The van der Waals surface area contributed by atoms with Crippen LogP contribution in [0.25, 0.3) is 11.1 Å². The van der Waals surface area contributed by atoms with Gasteiger partial charge in [-0.1, -0.05) is 72.8 Å². The van der Waals surface area contributed by atoms with Gasteiger partial charge in [0.1, 0.15) is 0 Å². The molecule has 2 atom stereocenters. The summed E-state index contributed by atoms with van der Waals surface area (Å²) in [6, 6.07) is 17.9. The fourth-order valence-corrected chi connectivity index (χ4v) is 8.19. The van der Waals surface area contributed by atoms with Crippen molar-refractivity contribution in [1.82, 2.24) is 9.21 Å². The zero-order valence-corrected chi connectivity index (χ0v) is 23.5. The second-order valence-corrected chi connectivity index (χ2v) is 13.0. The fraction of sp³-hybridized carbons (Fsp3) is 0.400. The Hall–Kier alpha value is -2.93. The number of likely N-dealkylation sites (tertiary alicyclic amines) is 1. The highest BCUT2D eigenvalue weighted by atomic mass is 32.2. The molecule has 2 heterocycles. The van der Waals surface area contributed by atoms with Crippen LogP contribution < -0.4 is 0 Å². The largest absolute Gasteiger partial charge is 0.430 e. The lowest BCUT2D eigenvalue weighted by Gasteiger charge is -2.40. The van der Waals surface area contributed by atoms with Crippen LogP contribution in [0.15, 0.2) is 72.8 Å². The van der Waals surface area contributed by atoms with E-state index in [1.165, 1.54) is 0 Å². The quantitative estimate of drug-likeness (QED) is 0.325. The van der Waals surface area contributed by atoms with E-state index in [1.807, 2.05) is 30.3 Å². The maximum Gasteiger partial charge on any atom is 0.430 e. The standard InChI is InChI=1S/C30H30F6N2O3S/c1-20-15-22(7-14-27(20)23-8-10-24(11-9-23)28(39,29(31,32)33)30(34,35)36)16-37-17-25-12-13-26(18-37)38(25)42(40,41)19-21-5-3-2-4-6-21/h2-11,14-15,25-26,39H,12-13,16-19H2,1H3. The van der Waals surface area contributed by atoms with E-state index in [9.17, 15) is 39.9 Å². The summed E-state index contributed by atoms with van der Waals surface area (Å²) in [6.07, 6.45) is -10.3. The van der Waals surface area contributed by atoms with Crippen molar-refractivity contribution in [1.29, 1.82) is 0 Å². The number of sulfonamides is 1. The van der Waals surface area contributed by atoms with E-state index in [0.29, 0.717) is 42.9 Å². The van der Waals surface area contributed by atoms with Gasteiger partial charge in [-0.05, 0) is 47.6 Å². The zero-order chi connectivity index (χ0) is 30.5. The molecule has 2 fully saturated rings. The van der Waals surface area contributed by atoms with Crippen LogP contribution in [-0.2, 0) is 27.9 Å². The van der Waals surface area contributed by atoms with Gasteiger partial charge in [0, 0.05) is 37.3 Å². The van der Waals surface area contributed by atoms with E-state index in [4.69, 9.17) is 0 Å². The molecular weight excluding hydrogens is 582 g/mol. The highest BCUT2D eigenvalue weighted by Gasteiger charge is 2.71. The molecule has 0 saturated carbocycles. The third-order valence-corrected chi connectivity index (χ3v) is 10.1. The Kier molecular flexibility index (Phi) is 7.97. The molecule has 3 aromatic rings. The number of aliphatic hydroxyl groups is 1. The van der Waals surface area contributed by atoms with Crippen LogP contribution in [0.4, 0.5) is 26.3 Å². The number of alkyl halides is 6. The second-order valence-electron chi connectivity index (χ2n) is 11.1. The van der Waals surface area contributed by atoms with Gasteiger partial charge in [0.25, 0.3) is 5.60 Å². The average Bonchev–Trinajstić information content (AvgIpc) is 3.19. The van der Waals surface area contributed by atoms with Gasteiger partial charge >= 0.3 is 12.4 Å². The van der Waals surface area contributed by atoms with Crippen molar-refractivity contribution in [3.63, 3.8) is 0 Å². The van der Waals surface area contributed by atoms with Gasteiger partial charge in [0.05, 0.1) is 5.75 Å². The van der Waals surface area contributed by atoms with Crippen LogP contribution in [0.5, 0.6) is 0 Å². The first-order valence-electron chi connectivity index (χ1n) is 13.4. The molecule has 1 N–H and O–H groups in total. The minimum absolute atomic E-state index is 0.0336. The topological polar surface area (TPSA) is 60.9 Å². The molecule has 2 bridgehead atoms. The molecule has 2 saturated heterocycles. The average molecular weight is 613 g/mol. The van der Waals surface area contributed by atoms with Gasteiger partial charge in [-0.25, -0.2) is 8.42 Å². The molecule has 226 valence electrons. The summed E-state index contributed by atoms with van der Waals surface area (Å²) in [5, 5.41) is 9.64. The summed E-state index contributed by atoms with van der Waals surface area (Å²) in [5.41, 5.74) is -2.76. The minimum atomic E-state index is -5.94. The van der Waals surface area contributed by atoms with E-state index in [1.54, 1.807) is 29.4 Å². The normalized spacial score (nSPS) is 20.7. The Morgan fingerprint density at radius 1 is 0.810 bits per heavy atom. The van der Waals surface area contributed by atoms with Gasteiger partial charge in [0.2, 0.25) is 10.0 Å². The number of aryl methyl sites for hydroxylation is 1. The number of hydrogen-bond donors (Lipinski definition) is 1. The van der Waals surface area contributed by atoms with E-state index in [-0.39, 0.29) is 17.8 Å². The SMILES string of the molecule is Cc1cc(CN2CC3CCC(C2)N3S(=O)(=O)Cc2ccccc2)ccc1-c1ccc(C(O)(C(F)(F)F)C(F)(F)F)cc1. The first-order valence-corrected chi connectivity index (χ1v) is 15.0. The molecule has 0 aromatic heterocycles. The van der Waals surface area contributed by atoms with E-state index < -0.39 is 33.5 Å². The number of rotatable bonds is 7. The van der Waals surface area contributed by atoms with Crippen molar-refractivity contribution in [3.8, 4) is 11.1 Å². The minimum Gasteiger partial charge on any atom is -0.369 e. The molecule has 0 aliphatic carbocycles. The van der Waals surface area contributed by atoms with Crippen LogP contribution in [0.2, 0.25) is 0 Å². The summed E-state index contributed by atoms with van der Waals surface area (Å²) in [5.74, 6) is -0.0336. The maximum atomic E-state index is 13.3. The predicted molar refractivity (Wildman–Crippen MR) is 146 cm³/mol. The maximum absolute atomic E-state index is 13.3. The molecule has 0 spiro atoms. The molecule has 2 aliphatic heterocycles. The lowest BCUT2D eigenvalue weighted by Crippen LogP contribution is -2.55. The van der Waals surface area contributed by atoms with E-state index in [2.05, 4.69) is 4.90 Å². The Balaban J connectivity index is 1.28. The summed E-state index contributed by atoms with van der Waals surface area (Å²) in [4.78, 5) is 2.22. The molecule has 5 rings (SSSR count). The third kappa shape index (κ3) is 5.69. The summed E-state index contributed by atoms with van der Waals surface area (Å²) in [7, 11) is -3.47. The van der Waals surface area contributed by atoms with Crippen molar-refractivity contribution in [2.45, 2.75) is 62.1 Å². The molecule has 5 nitrogen and oxygen atoms in total. The molecule has 12 heteroatoms. The van der Waals surface area contributed by atoms with Gasteiger partial charge in [-0.15, -0.1) is 0 Å². The zero-order valence-electron chi connectivity index (χ0n) is 22.7. The van der Waals surface area contributed by atoms with Crippen LogP contribution in [0, 0.1) is 6.92 Å². The van der Waals surface area contributed by atoms with Crippen LogP contribution in [0.1, 0.15) is 35.1 Å². The molecule has 0 amide bonds. The molecule has 0 radical (unpaired) electrons. The molecule has 2 unspecified atom stereocenters. The molecule has 2 aliphatic rings. The van der Waals surface area contributed by atoms with Crippen molar-refractivity contribution in [2.75, 3.05) is 13.1 Å². The highest BCUT2D eigenvalue weighted by molar-refractivity contribution is 7.88. The van der Waals surface area contributed by atoms with Crippen molar-refractivity contribution < 1.29 is 39.9 Å². The summed E-state index contributed by atoms with van der Waals surface area (Å²) >= 11 is 0. The lowest BCUT2D eigenvalue weighted by molar-refractivity contribution is -0.376. The highest BCUT2D eigenvalue weighted by Crippen LogP contribution is 2.50. The summed E-state index contributed by atoms with van der Waals surface area (Å²) < 4.78 is 108. The smallest absolute Gasteiger partial charge is 0.369 e. The van der Waals surface area contributed by atoms with E-state index >= 15 is 0 Å². The Bertz CT molecular complexity index is 1500. The molecule has 3 aromatic carbocycles. The van der Waals surface area contributed by atoms with Gasteiger partial charge < -0.3 is 5.11 Å². The van der Waals surface area contributed by atoms with Crippen LogP contribution in [0.3, 0.4) is 0 Å². The van der Waals surface area contributed by atoms with E-state index in [0.717, 1.165) is 41.7 Å². The summed E-state index contributed by atoms with van der Waals surface area (Å²) in [6.45, 7) is 3.55. The number of fused-ring (bicyclic) bond motifs is 2. The Morgan fingerprint density at radius 2 is 1.38 bits per heavy atom. The van der Waals surface area contributed by atoms with Gasteiger partial charge in [0.15, 0.2) is 0 Å². The number of benzene rings is 3. The number of nitrogens with zero attached hydrogens (tertiary/aromatic N) is 2. The van der Waals surface area contributed by atoms with Gasteiger partial charge in [-0.3, -0.25) is 4.90 Å². The van der Waals surface area contributed by atoms with Crippen LogP contribution in [-0.4, -0.2) is 60.3 Å². The van der Waals surface area contributed by atoms with Gasteiger partial charge in [-0.2, -0.15) is 30.6 Å². The van der Waals surface area contributed by atoms with Crippen molar-refractivity contribution in [2.24, 2.45) is 0 Å². The second kappa shape index (κ2) is 11.0. The predicted octanol–water partition coefficient (Wildman–Crippen LogP) is 6.15.